The Hall–Kier alpha value is -2.74. The quantitative estimate of drug-likeness (QED) is 0.549. The third-order valence-electron chi connectivity index (χ3n) is 3.92. The Balaban J connectivity index is 1.90. The Morgan fingerprint density at radius 2 is 1.72 bits per heavy atom. The van der Waals surface area contributed by atoms with Gasteiger partial charge < -0.3 is 10.1 Å². The molecule has 0 aliphatic rings. The van der Waals surface area contributed by atoms with Crippen molar-refractivity contribution in [2.45, 2.75) is 4.90 Å². The first kappa shape index (κ1) is 21.0. The molecule has 0 fully saturated rings. The van der Waals surface area contributed by atoms with Gasteiger partial charge in [-0.15, -0.1) is 0 Å². The molecule has 9 heteroatoms. The van der Waals surface area contributed by atoms with Gasteiger partial charge in [-0.25, -0.2) is 8.42 Å². The zero-order valence-corrected chi connectivity index (χ0v) is 17.5. The van der Waals surface area contributed by atoms with E-state index >= 15 is 0 Å². The molecule has 3 aromatic carbocycles. The van der Waals surface area contributed by atoms with Crippen LogP contribution in [-0.4, -0.2) is 21.4 Å². The number of anilines is 2. The Bertz CT molecular complexity index is 1170. The highest BCUT2D eigenvalue weighted by Crippen LogP contribution is 2.29. The summed E-state index contributed by atoms with van der Waals surface area (Å²) in [5, 5.41) is 3.10. The lowest BCUT2D eigenvalue weighted by molar-refractivity contribution is 0.102. The normalized spacial score (nSPS) is 11.0. The number of halogens is 2. The highest BCUT2D eigenvalue weighted by molar-refractivity contribution is 7.92. The zero-order chi connectivity index (χ0) is 21.0. The smallest absolute Gasteiger partial charge is 0.263 e. The van der Waals surface area contributed by atoms with Crippen LogP contribution in [0.15, 0.2) is 71.6 Å². The van der Waals surface area contributed by atoms with E-state index in [1.807, 2.05) is 0 Å². The number of carbonyl (C=O) groups is 1. The Kier molecular flexibility index (Phi) is 6.32. The number of para-hydroxylation sites is 2. The second-order valence-electron chi connectivity index (χ2n) is 5.92. The molecule has 2 N–H and O–H groups in total. The van der Waals surface area contributed by atoms with Gasteiger partial charge in [0.25, 0.3) is 15.9 Å². The van der Waals surface area contributed by atoms with E-state index in [2.05, 4.69) is 10.0 Å². The highest BCUT2D eigenvalue weighted by atomic mass is 35.5. The molecule has 0 aromatic heterocycles. The van der Waals surface area contributed by atoms with Gasteiger partial charge in [0.2, 0.25) is 0 Å². The largest absolute Gasteiger partial charge is 0.495 e. The SMILES string of the molecule is COc1ccccc1NS(=O)(=O)c1cc(C(=O)Nc2cccc(Cl)c2)ccc1Cl. The lowest BCUT2D eigenvalue weighted by atomic mass is 10.2. The monoisotopic (exact) mass is 450 g/mol. The number of rotatable bonds is 6. The minimum Gasteiger partial charge on any atom is -0.495 e. The van der Waals surface area contributed by atoms with Gasteiger partial charge in [-0.05, 0) is 48.5 Å². The van der Waals surface area contributed by atoms with E-state index in [0.29, 0.717) is 16.5 Å². The molecule has 0 bridgehead atoms. The topological polar surface area (TPSA) is 84.5 Å². The first-order valence-electron chi connectivity index (χ1n) is 8.32. The molecule has 0 saturated carbocycles. The maximum atomic E-state index is 12.9. The summed E-state index contributed by atoms with van der Waals surface area (Å²) in [6.45, 7) is 0. The molecule has 0 atom stereocenters. The summed E-state index contributed by atoms with van der Waals surface area (Å²) in [4.78, 5) is 12.3. The van der Waals surface area contributed by atoms with Crippen molar-refractivity contribution in [1.82, 2.24) is 0 Å². The van der Waals surface area contributed by atoms with Crippen molar-refractivity contribution in [3.63, 3.8) is 0 Å². The molecular formula is C20H16Cl2N2O4S. The van der Waals surface area contributed by atoms with Crippen molar-refractivity contribution in [2.24, 2.45) is 0 Å². The minimum absolute atomic E-state index is 0.0216. The fourth-order valence-electron chi connectivity index (χ4n) is 2.55. The maximum Gasteiger partial charge on any atom is 0.263 e. The molecule has 0 heterocycles. The summed E-state index contributed by atoms with van der Waals surface area (Å²) in [7, 11) is -2.64. The second kappa shape index (κ2) is 8.73. The average Bonchev–Trinajstić information content (AvgIpc) is 2.68. The van der Waals surface area contributed by atoms with Crippen molar-refractivity contribution in [2.75, 3.05) is 17.1 Å². The number of sulfonamides is 1. The Morgan fingerprint density at radius 3 is 2.45 bits per heavy atom. The molecule has 0 saturated heterocycles. The van der Waals surface area contributed by atoms with Gasteiger partial charge in [0.15, 0.2) is 0 Å². The number of benzene rings is 3. The molecule has 3 aromatic rings. The van der Waals surface area contributed by atoms with Gasteiger partial charge >= 0.3 is 0 Å². The summed E-state index contributed by atoms with van der Waals surface area (Å²) < 4.78 is 33.3. The van der Waals surface area contributed by atoms with Crippen molar-refractivity contribution in [3.05, 3.63) is 82.3 Å². The van der Waals surface area contributed by atoms with Gasteiger partial charge in [-0.3, -0.25) is 9.52 Å². The third-order valence-corrected chi connectivity index (χ3v) is 6.00. The van der Waals surface area contributed by atoms with Crippen LogP contribution in [0.1, 0.15) is 10.4 Å². The van der Waals surface area contributed by atoms with Crippen LogP contribution in [0.25, 0.3) is 0 Å². The molecule has 3 rings (SSSR count). The van der Waals surface area contributed by atoms with Crippen LogP contribution in [0.5, 0.6) is 5.75 Å². The molecule has 0 spiro atoms. The van der Waals surface area contributed by atoms with Crippen molar-refractivity contribution >= 4 is 50.5 Å². The molecular weight excluding hydrogens is 435 g/mol. The van der Waals surface area contributed by atoms with Crippen molar-refractivity contribution < 1.29 is 17.9 Å². The lowest BCUT2D eigenvalue weighted by Gasteiger charge is -2.13. The standard InChI is InChI=1S/C20H16Cl2N2O4S/c1-28-18-8-3-2-7-17(18)24-29(26,27)19-11-13(9-10-16(19)22)20(25)23-15-6-4-5-14(21)12-15/h2-12,24H,1H3,(H,23,25). The predicted octanol–water partition coefficient (Wildman–Crippen LogP) is 5.06. The molecule has 0 aliphatic heterocycles. The van der Waals surface area contributed by atoms with Crippen LogP contribution in [0.3, 0.4) is 0 Å². The van der Waals surface area contributed by atoms with E-state index in [1.165, 1.54) is 25.3 Å². The van der Waals surface area contributed by atoms with Crippen LogP contribution in [-0.2, 0) is 10.0 Å². The third kappa shape index (κ3) is 5.00. The predicted molar refractivity (Wildman–Crippen MR) is 115 cm³/mol. The Morgan fingerprint density at radius 1 is 0.966 bits per heavy atom. The van der Waals surface area contributed by atoms with E-state index in [9.17, 15) is 13.2 Å². The molecule has 6 nitrogen and oxygen atoms in total. The number of nitrogens with one attached hydrogen (secondary N) is 2. The number of methoxy groups -OCH3 is 1. The molecule has 0 radical (unpaired) electrons. The lowest BCUT2D eigenvalue weighted by Crippen LogP contribution is -2.17. The van der Waals surface area contributed by atoms with E-state index in [4.69, 9.17) is 27.9 Å². The van der Waals surface area contributed by atoms with Crippen molar-refractivity contribution in [3.8, 4) is 5.75 Å². The summed E-state index contributed by atoms with van der Waals surface area (Å²) in [6.07, 6.45) is 0. The first-order valence-corrected chi connectivity index (χ1v) is 10.6. The number of amides is 1. The minimum atomic E-state index is -4.08. The average molecular weight is 451 g/mol. The van der Waals surface area contributed by atoms with Crippen LogP contribution in [0.4, 0.5) is 11.4 Å². The second-order valence-corrected chi connectivity index (χ2v) is 8.41. The van der Waals surface area contributed by atoms with Gasteiger partial charge in [0.1, 0.15) is 10.6 Å². The number of hydrogen-bond donors (Lipinski definition) is 2. The van der Waals surface area contributed by atoms with Crippen LogP contribution < -0.4 is 14.8 Å². The van der Waals surface area contributed by atoms with Gasteiger partial charge in [-0.2, -0.15) is 0 Å². The summed E-state index contributed by atoms with van der Waals surface area (Å²) in [5.74, 6) is -0.153. The summed E-state index contributed by atoms with van der Waals surface area (Å²) in [6, 6.07) is 17.2. The van der Waals surface area contributed by atoms with Crippen LogP contribution in [0, 0.1) is 0 Å². The van der Waals surface area contributed by atoms with E-state index < -0.39 is 15.9 Å². The number of ether oxygens (including phenoxy) is 1. The van der Waals surface area contributed by atoms with Crippen LogP contribution >= 0.6 is 23.2 Å². The fourth-order valence-corrected chi connectivity index (χ4v) is 4.34. The maximum absolute atomic E-state index is 12.9. The van der Waals surface area contributed by atoms with E-state index in [-0.39, 0.29) is 21.2 Å². The number of carbonyl (C=O) groups excluding carboxylic acids is 1. The molecule has 0 aliphatic carbocycles. The van der Waals surface area contributed by atoms with Gasteiger partial charge in [-0.1, -0.05) is 41.4 Å². The number of hydrogen-bond acceptors (Lipinski definition) is 4. The van der Waals surface area contributed by atoms with Crippen LogP contribution in [0.2, 0.25) is 10.0 Å². The summed E-state index contributed by atoms with van der Waals surface area (Å²) in [5.41, 5.74) is 0.851. The molecule has 0 unspecified atom stereocenters. The fraction of sp³-hybridized carbons (Fsp3) is 0.0500. The molecule has 29 heavy (non-hydrogen) atoms. The molecule has 150 valence electrons. The molecule has 1 amide bonds. The summed E-state index contributed by atoms with van der Waals surface area (Å²) >= 11 is 12.0. The highest BCUT2D eigenvalue weighted by Gasteiger charge is 2.22. The zero-order valence-electron chi connectivity index (χ0n) is 15.1. The van der Waals surface area contributed by atoms with Crippen molar-refractivity contribution in [1.29, 1.82) is 0 Å². The first-order chi connectivity index (χ1) is 13.8. The Labute approximate surface area is 178 Å². The van der Waals surface area contributed by atoms with E-state index in [0.717, 1.165) is 0 Å². The van der Waals surface area contributed by atoms with Gasteiger partial charge in [0, 0.05) is 16.3 Å². The van der Waals surface area contributed by atoms with E-state index in [1.54, 1.807) is 48.5 Å². The van der Waals surface area contributed by atoms with Gasteiger partial charge in [0.05, 0.1) is 17.8 Å².